The minimum atomic E-state index is -0.782. The highest BCUT2D eigenvalue weighted by atomic mass is 16.5. The van der Waals surface area contributed by atoms with E-state index in [1.54, 1.807) is 7.11 Å². The molecule has 2 N–H and O–H groups in total. The van der Waals surface area contributed by atoms with Crippen LogP contribution in [0.1, 0.15) is 38.7 Å². The van der Waals surface area contributed by atoms with Gasteiger partial charge >= 0.3 is 5.97 Å². The Bertz CT molecular complexity index is 463. The number of ether oxygens (including phenoxy) is 1. The van der Waals surface area contributed by atoms with E-state index in [-0.39, 0.29) is 6.42 Å². The lowest BCUT2D eigenvalue weighted by molar-refractivity contribution is -0.136. The largest absolute Gasteiger partial charge is 0.495 e. The second-order valence-corrected chi connectivity index (χ2v) is 5.26. The van der Waals surface area contributed by atoms with Gasteiger partial charge < -0.3 is 20.1 Å². The zero-order chi connectivity index (χ0) is 16.4. The highest BCUT2D eigenvalue weighted by Gasteiger charge is 2.11. The molecule has 0 unspecified atom stereocenters. The van der Waals surface area contributed by atoms with Gasteiger partial charge in [0.15, 0.2) is 0 Å². The van der Waals surface area contributed by atoms with E-state index in [2.05, 4.69) is 36.2 Å². The summed E-state index contributed by atoms with van der Waals surface area (Å²) in [7, 11) is 1.69. The normalized spacial score (nSPS) is 10.5. The molecule has 5 nitrogen and oxygen atoms in total. The summed E-state index contributed by atoms with van der Waals surface area (Å²) in [5.74, 6) is 0.0884. The number of rotatable bonds is 11. The third kappa shape index (κ3) is 5.93. The van der Waals surface area contributed by atoms with Crippen molar-refractivity contribution in [3.05, 3.63) is 23.8 Å². The Morgan fingerprint density at radius 1 is 1.36 bits per heavy atom. The van der Waals surface area contributed by atoms with E-state index in [1.165, 1.54) is 6.42 Å². The van der Waals surface area contributed by atoms with Crippen LogP contribution < -0.4 is 15.0 Å². The van der Waals surface area contributed by atoms with Gasteiger partial charge in [-0.25, -0.2) is 0 Å². The molecule has 22 heavy (non-hydrogen) atoms. The van der Waals surface area contributed by atoms with Crippen LogP contribution in [0.3, 0.4) is 0 Å². The summed E-state index contributed by atoms with van der Waals surface area (Å²) in [6, 6.07) is 6.18. The maximum absolute atomic E-state index is 10.5. The molecule has 0 aliphatic rings. The van der Waals surface area contributed by atoms with Crippen molar-refractivity contribution < 1.29 is 14.6 Å². The first kappa shape index (κ1) is 18.3. The Hall–Kier alpha value is -1.75. The van der Waals surface area contributed by atoms with E-state index in [1.807, 2.05) is 6.07 Å². The smallest absolute Gasteiger partial charge is 0.304 e. The van der Waals surface area contributed by atoms with Gasteiger partial charge in [-0.3, -0.25) is 4.79 Å². The lowest BCUT2D eigenvalue weighted by atomic mass is 10.1. The zero-order valence-corrected chi connectivity index (χ0v) is 13.9. The molecule has 0 saturated heterocycles. The quantitative estimate of drug-likeness (QED) is 0.616. The standard InChI is InChI=1S/C17H28N2O3/c1-4-6-11-19(5-2)15-8-7-14(12-16(15)22-3)13-18-10-9-17(20)21/h7-8,12,18H,4-6,9-11,13H2,1-3H3,(H,20,21). The van der Waals surface area contributed by atoms with Gasteiger partial charge in [-0.05, 0) is 31.0 Å². The topological polar surface area (TPSA) is 61.8 Å². The van der Waals surface area contributed by atoms with E-state index in [0.29, 0.717) is 13.1 Å². The number of methoxy groups -OCH3 is 1. The molecule has 0 spiro atoms. The van der Waals surface area contributed by atoms with Crippen molar-refractivity contribution in [2.45, 2.75) is 39.7 Å². The highest BCUT2D eigenvalue weighted by Crippen LogP contribution is 2.29. The van der Waals surface area contributed by atoms with Gasteiger partial charge in [-0.1, -0.05) is 19.4 Å². The number of aliphatic carboxylic acids is 1. The predicted molar refractivity (Wildman–Crippen MR) is 89.7 cm³/mol. The summed E-state index contributed by atoms with van der Waals surface area (Å²) in [4.78, 5) is 12.8. The first-order chi connectivity index (χ1) is 10.6. The van der Waals surface area contributed by atoms with Gasteiger partial charge in [0.2, 0.25) is 0 Å². The van der Waals surface area contributed by atoms with Crippen LogP contribution in [0.15, 0.2) is 18.2 Å². The molecule has 0 bridgehead atoms. The predicted octanol–water partition coefficient (Wildman–Crippen LogP) is 2.89. The number of hydrogen-bond donors (Lipinski definition) is 2. The number of anilines is 1. The number of benzene rings is 1. The molecular formula is C17H28N2O3. The van der Waals surface area contributed by atoms with Gasteiger partial charge in [-0.2, -0.15) is 0 Å². The van der Waals surface area contributed by atoms with Crippen LogP contribution in [0.2, 0.25) is 0 Å². The number of carbonyl (C=O) groups is 1. The number of nitrogens with one attached hydrogen (secondary N) is 1. The van der Waals surface area contributed by atoms with Gasteiger partial charge in [0.25, 0.3) is 0 Å². The van der Waals surface area contributed by atoms with Gasteiger partial charge in [0.05, 0.1) is 19.2 Å². The molecule has 0 aliphatic carbocycles. The lowest BCUT2D eigenvalue weighted by Gasteiger charge is -2.25. The second kappa shape index (κ2) is 10.1. The Morgan fingerprint density at radius 2 is 2.14 bits per heavy atom. The number of nitrogens with zero attached hydrogens (tertiary/aromatic N) is 1. The molecule has 0 amide bonds. The van der Waals surface area contributed by atoms with Crippen molar-refractivity contribution in [1.29, 1.82) is 0 Å². The van der Waals surface area contributed by atoms with Crippen LogP contribution in [0.4, 0.5) is 5.69 Å². The number of hydrogen-bond acceptors (Lipinski definition) is 4. The molecule has 0 aromatic heterocycles. The minimum absolute atomic E-state index is 0.135. The van der Waals surface area contributed by atoms with Crippen LogP contribution in [-0.4, -0.2) is 37.8 Å². The molecule has 0 heterocycles. The average molecular weight is 308 g/mol. The van der Waals surface area contributed by atoms with Gasteiger partial charge in [0.1, 0.15) is 5.75 Å². The van der Waals surface area contributed by atoms with E-state index in [9.17, 15) is 4.79 Å². The molecule has 0 aliphatic heterocycles. The molecule has 0 radical (unpaired) electrons. The third-order valence-electron chi connectivity index (χ3n) is 3.59. The molecule has 1 aromatic carbocycles. The fourth-order valence-corrected chi connectivity index (χ4v) is 2.32. The Morgan fingerprint density at radius 3 is 2.73 bits per heavy atom. The minimum Gasteiger partial charge on any atom is -0.495 e. The van der Waals surface area contributed by atoms with Crippen LogP contribution in [-0.2, 0) is 11.3 Å². The van der Waals surface area contributed by atoms with Crippen molar-refractivity contribution in [2.75, 3.05) is 31.6 Å². The summed E-state index contributed by atoms with van der Waals surface area (Å²) < 4.78 is 5.53. The molecule has 0 fully saturated rings. The Labute approximate surface area is 133 Å². The SMILES string of the molecule is CCCCN(CC)c1ccc(CNCCC(=O)O)cc1OC. The second-order valence-electron chi connectivity index (χ2n) is 5.26. The molecule has 0 saturated carbocycles. The molecular weight excluding hydrogens is 280 g/mol. The van der Waals surface area contributed by atoms with Crippen LogP contribution in [0.5, 0.6) is 5.75 Å². The van der Waals surface area contributed by atoms with Crippen molar-refractivity contribution in [3.63, 3.8) is 0 Å². The molecule has 124 valence electrons. The lowest BCUT2D eigenvalue weighted by Crippen LogP contribution is -2.24. The fraction of sp³-hybridized carbons (Fsp3) is 0.588. The maximum Gasteiger partial charge on any atom is 0.304 e. The molecule has 0 atom stereocenters. The number of carboxylic acids is 1. The summed E-state index contributed by atoms with van der Waals surface area (Å²) in [6.07, 6.45) is 2.47. The van der Waals surface area contributed by atoms with Crippen molar-refractivity contribution >= 4 is 11.7 Å². The number of carboxylic acid groups (broad SMARTS) is 1. The average Bonchev–Trinajstić information content (AvgIpc) is 2.52. The first-order valence-corrected chi connectivity index (χ1v) is 7.96. The monoisotopic (exact) mass is 308 g/mol. The third-order valence-corrected chi connectivity index (χ3v) is 3.59. The van der Waals surface area contributed by atoms with Crippen molar-refractivity contribution in [1.82, 2.24) is 5.32 Å². The van der Waals surface area contributed by atoms with Crippen LogP contribution >= 0.6 is 0 Å². The first-order valence-electron chi connectivity index (χ1n) is 7.96. The van der Waals surface area contributed by atoms with Crippen LogP contribution in [0, 0.1) is 0 Å². The zero-order valence-electron chi connectivity index (χ0n) is 13.9. The van der Waals surface area contributed by atoms with E-state index in [0.717, 1.165) is 36.5 Å². The highest BCUT2D eigenvalue weighted by molar-refractivity contribution is 5.66. The fourth-order valence-electron chi connectivity index (χ4n) is 2.32. The van der Waals surface area contributed by atoms with Crippen LogP contribution in [0.25, 0.3) is 0 Å². The van der Waals surface area contributed by atoms with E-state index >= 15 is 0 Å². The summed E-state index contributed by atoms with van der Waals surface area (Å²) in [5, 5.41) is 11.8. The molecule has 5 heteroatoms. The summed E-state index contributed by atoms with van der Waals surface area (Å²) in [5.41, 5.74) is 2.21. The van der Waals surface area contributed by atoms with E-state index in [4.69, 9.17) is 9.84 Å². The summed E-state index contributed by atoms with van der Waals surface area (Å²) in [6.45, 7) is 7.43. The number of unbranched alkanes of at least 4 members (excludes halogenated alkanes) is 1. The maximum atomic E-state index is 10.5. The van der Waals surface area contributed by atoms with E-state index < -0.39 is 5.97 Å². The summed E-state index contributed by atoms with van der Waals surface area (Å²) >= 11 is 0. The Balaban J connectivity index is 2.70. The van der Waals surface area contributed by atoms with Gasteiger partial charge in [0, 0.05) is 26.2 Å². The van der Waals surface area contributed by atoms with Gasteiger partial charge in [-0.15, -0.1) is 0 Å². The Kier molecular flexibility index (Phi) is 8.36. The van der Waals surface area contributed by atoms with Crippen molar-refractivity contribution in [3.8, 4) is 5.75 Å². The van der Waals surface area contributed by atoms with Crippen molar-refractivity contribution in [2.24, 2.45) is 0 Å². The molecule has 1 aromatic rings. The molecule has 1 rings (SSSR count).